The van der Waals surface area contributed by atoms with Crippen molar-refractivity contribution in [1.29, 1.82) is 0 Å². The molecule has 0 amide bonds. The van der Waals surface area contributed by atoms with Crippen LogP contribution in [0.5, 0.6) is 0 Å². The summed E-state index contributed by atoms with van der Waals surface area (Å²) in [7, 11) is 1.21. The van der Waals surface area contributed by atoms with Gasteiger partial charge in [0, 0.05) is 0 Å². The highest BCUT2D eigenvalue weighted by Gasteiger charge is 2.34. The second-order valence-electron chi connectivity index (χ2n) is 3.77. The van der Waals surface area contributed by atoms with Crippen molar-refractivity contribution in [1.82, 2.24) is 0 Å². The van der Waals surface area contributed by atoms with E-state index in [1.807, 2.05) is 0 Å². The molecule has 0 heterocycles. The van der Waals surface area contributed by atoms with Crippen LogP contribution in [0.1, 0.15) is 30.4 Å². The normalized spacial score (nSPS) is 13.2. The van der Waals surface area contributed by atoms with Crippen LogP contribution in [0.3, 0.4) is 0 Å². The number of carbonyl (C=O) groups excluding carboxylic acids is 1. The quantitative estimate of drug-likeness (QED) is 0.764. The minimum atomic E-state index is -4.40. The summed E-state index contributed by atoms with van der Waals surface area (Å²) < 4.78 is 42.6. The number of benzene rings is 1. The van der Waals surface area contributed by atoms with Crippen LogP contribution in [-0.2, 0) is 15.7 Å². The van der Waals surface area contributed by atoms with E-state index in [2.05, 4.69) is 4.74 Å². The molecule has 0 aliphatic rings. The highest BCUT2D eigenvalue weighted by molar-refractivity contribution is 5.70. The molecule has 0 aliphatic heterocycles. The van der Waals surface area contributed by atoms with Gasteiger partial charge in [-0.05, 0) is 17.5 Å². The third kappa shape index (κ3) is 3.47. The molecule has 0 spiro atoms. The first-order valence-corrected chi connectivity index (χ1v) is 5.09. The molecule has 0 aliphatic carbocycles. The zero-order valence-electron chi connectivity index (χ0n) is 9.54. The Morgan fingerprint density at radius 3 is 2.47 bits per heavy atom. The molecule has 1 unspecified atom stereocenters. The Kier molecular flexibility index (Phi) is 4.15. The maximum atomic E-state index is 12.7. The number of rotatable bonds is 3. The van der Waals surface area contributed by atoms with E-state index in [4.69, 9.17) is 0 Å². The van der Waals surface area contributed by atoms with E-state index in [9.17, 15) is 18.0 Å². The molecule has 1 aromatic rings. The summed E-state index contributed by atoms with van der Waals surface area (Å²) in [5.74, 6) is -1.05. The van der Waals surface area contributed by atoms with E-state index >= 15 is 0 Å². The number of methoxy groups -OCH3 is 1. The maximum Gasteiger partial charge on any atom is 0.416 e. The van der Waals surface area contributed by atoms with Gasteiger partial charge in [-0.1, -0.05) is 25.1 Å². The molecule has 1 atom stereocenters. The summed E-state index contributed by atoms with van der Waals surface area (Å²) in [6, 6.07) is 5.26. The molecule has 17 heavy (non-hydrogen) atoms. The Balaban J connectivity index is 3.01. The third-order valence-corrected chi connectivity index (χ3v) is 2.50. The van der Waals surface area contributed by atoms with Crippen LogP contribution >= 0.6 is 0 Å². The number of esters is 1. The average molecular weight is 246 g/mol. The molecule has 0 fully saturated rings. The summed E-state index contributed by atoms with van der Waals surface area (Å²) >= 11 is 0. The second-order valence-corrected chi connectivity index (χ2v) is 3.77. The van der Waals surface area contributed by atoms with Gasteiger partial charge in [-0.2, -0.15) is 13.2 Å². The highest BCUT2D eigenvalue weighted by Crippen LogP contribution is 2.35. The topological polar surface area (TPSA) is 26.3 Å². The molecule has 0 radical (unpaired) electrons. The van der Waals surface area contributed by atoms with Gasteiger partial charge in [0.1, 0.15) is 0 Å². The van der Waals surface area contributed by atoms with Gasteiger partial charge in [-0.3, -0.25) is 4.79 Å². The van der Waals surface area contributed by atoms with Crippen molar-refractivity contribution >= 4 is 5.97 Å². The van der Waals surface area contributed by atoms with Crippen LogP contribution in [0, 0.1) is 0 Å². The first kappa shape index (κ1) is 13.5. The molecule has 94 valence electrons. The van der Waals surface area contributed by atoms with Gasteiger partial charge in [0.05, 0.1) is 19.1 Å². The summed E-state index contributed by atoms with van der Waals surface area (Å²) in [5.41, 5.74) is -0.582. The van der Waals surface area contributed by atoms with E-state index in [0.29, 0.717) is 0 Å². The van der Waals surface area contributed by atoms with Crippen molar-refractivity contribution in [2.45, 2.75) is 25.4 Å². The molecule has 0 aromatic heterocycles. The number of ether oxygens (including phenoxy) is 1. The lowest BCUT2D eigenvalue weighted by Gasteiger charge is -2.17. The van der Waals surface area contributed by atoms with Crippen LogP contribution in [0.15, 0.2) is 24.3 Å². The molecule has 0 saturated carbocycles. The highest BCUT2D eigenvalue weighted by atomic mass is 19.4. The Morgan fingerprint density at radius 2 is 1.94 bits per heavy atom. The standard InChI is InChI=1S/C12H13F3O2/c1-8(7-11(16)17-2)9-5-3-4-6-10(9)12(13,14)15/h3-6,8H,7H2,1-2H3. The van der Waals surface area contributed by atoms with E-state index < -0.39 is 23.6 Å². The van der Waals surface area contributed by atoms with Crippen molar-refractivity contribution in [3.05, 3.63) is 35.4 Å². The van der Waals surface area contributed by atoms with Crippen LogP contribution in [0.25, 0.3) is 0 Å². The molecule has 0 bridgehead atoms. The van der Waals surface area contributed by atoms with Gasteiger partial charge < -0.3 is 4.74 Å². The Labute approximate surface area is 97.4 Å². The molecular formula is C12H13F3O2. The lowest BCUT2D eigenvalue weighted by Crippen LogP contribution is -2.13. The largest absolute Gasteiger partial charge is 0.469 e. The average Bonchev–Trinajstić information content (AvgIpc) is 2.27. The van der Waals surface area contributed by atoms with Crippen LogP contribution in [-0.4, -0.2) is 13.1 Å². The van der Waals surface area contributed by atoms with E-state index in [-0.39, 0.29) is 12.0 Å². The van der Waals surface area contributed by atoms with Crippen molar-refractivity contribution in [2.24, 2.45) is 0 Å². The fraction of sp³-hybridized carbons (Fsp3) is 0.417. The molecule has 2 nitrogen and oxygen atoms in total. The smallest absolute Gasteiger partial charge is 0.416 e. The summed E-state index contributed by atoms with van der Waals surface area (Å²) in [5, 5.41) is 0. The lowest BCUT2D eigenvalue weighted by molar-refractivity contribution is -0.142. The predicted molar refractivity (Wildman–Crippen MR) is 56.5 cm³/mol. The fourth-order valence-corrected chi connectivity index (χ4v) is 1.63. The number of hydrogen-bond acceptors (Lipinski definition) is 2. The fourth-order valence-electron chi connectivity index (χ4n) is 1.63. The predicted octanol–water partition coefficient (Wildman–Crippen LogP) is 3.37. The Morgan fingerprint density at radius 1 is 1.35 bits per heavy atom. The van der Waals surface area contributed by atoms with Gasteiger partial charge in [-0.25, -0.2) is 0 Å². The SMILES string of the molecule is COC(=O)CC(C)c1ccccc1C(F)(F)F. The summed E-state index contributed by atoms with van der Waals surface area (Å²) in [4.78, 5) is 11.1. The van der Waals surface area contributed by atoms with Crippen LogP contribution in [0.4, 0.5) is 13.2 Å². The minimum absolute atomic E-state index is 0.0659. The minimum Gasteiger partial charge on any atom is -0.469 e. The Bertz CT molecular complexity index is 399. The van der Waals surface area contributed by atoms with Crippen molar-refractivity contribution < 1.29 is 22.7 Å². The van der Waals surface area contributed by atoms with E-state index in [0.717, 1.165) is 6.07 Å². The van der Waals surface area contributed by atoms with E-state index in [1.54, 1.807) is 6.92 Å². The monoisotopic (exact) mass is 246 g/mol. The van der Waals surface area contributed by atoms with Gasteiger partial charge in [0.2, 0.25) is 0 Å². The molecule has 0 N–H and O–H groups in total. The zero-order chi connectivity index (χ0) is 13.1. The van der Waals surface area contributed by atoms with Crippen LogP contribution < -0.4 is 0 Å². The zero-order valence-corrected chi connectivity index (χ0v) is 9.54. The Hall–Kier alpha value is -1.52. The molecule has 0 saturated heterocycles. The number of halogens is 3. The van der Waals surface area contributed by atoms with Crippen molar-refractivity contribution in [3.63, 3.8) is 0 Å². The number of alkyl halides is 3. The summed E-state index contributed by atoms with van der Waals surface area (Å²) in [6.45, 7) is 1.57. The number of carbonyl (C=O) groups is 1. The molecule has 5 heteroatoms. The maximum absolute atomic E-state index is 12.7. The molecule has 1 rings (SSSR count). The third-order valence-electron chi connectivity index (χ3n) is 2.50. The number of hydrogen-bond donors (Lipinski definition) is 0. The second kappa shape index (κ2) is 5.21. The summed E-state index contributed by atoms with van der Waals surface area (Å²) in [6.07, 6.45) is -4.47. The van der Waals surface area contributed by atoms with Gasteiger partial charge in [0.15, 0.2) is 0 Å². The van der Waals surface area contributed by atoms with E-state index in [1.165, 1.54) is 25.3 Å². The van der Waals surface area contributed by atoms with Crippen molar-refractivity contribution in [3.8, 4) is 0 Å². The lowest BCUT2D eigenvalue weighted by atomic mass is 9.93. The molecule has 1 aromatic carbocycles. The van der Waals surface area contributed by atoms with Crippen LogP contribution in [0.2, 0.25) is 0 Å². The van der Waals surface area contributed by atoms with Gasteiger partial charge >= 0.3 is 12.1 Å². The van der Waals surface area contributed by atoms with Gasteiger partial charge in [0.25, 0.3) is 0 Å². The first-order valence-electron chi connectivity index (χ1n) is 5.09. The van der Waals surface area contributed by atoms with Crippen molar-refractivity contribution in [2.75, 3.05) is 7.11 Å². The molecular weight excluding hydrogens is 233 g/mol. The van der Waals surface area contributed by atoms with Gasteiger partial charge in [-0.15, -0.1) is 0 Å². The first-order chi connectivity index (χ1) is 7.86.